The van der Waals surface area contributed by atoms with Crippen molar-refractivity contribution in [2.75, 3.05) is 11.9 Å². The van der Waals surface area contributed by atoms with Gasteiger partial charge >= 0.3 is 0 Å². The molecule has 3 rings (SSSR count). The number of hydrogen-bond acceptors (Lipinski definition) is 5. The van der Waals surface area contributed by atoms with Gasteiger partial charge in [0.2, 0.25) is 5.91 Å². The fraction of sp³-hybridized carbons (Fsp3) is 0.150. The Morgan fingerprint density at radius 2 is 1.89 bits per heavy atom. The van der Waals surface area contributed by atoms with Gasteiger partial charge in [0, 0.05) is 10.7 Å². The summed E-state index contributed by atoms with van der Waals surface area (Å²) in [7, 11) is 0. The number of nitrogens with one attached hydrogen (secondary N) is 1. The second-order valence-electron chi connectivity index (χ2n) is 6.33. The van der Waals surface area contributed by atoms with E-state index < -0.39 is 17.1 Å². The highest BCUT2D eigenvalue weighted by molar-refractivity contribution is 8.18. The first-order valence-electron chi connectivity index (χ1n) is 8.35. The first-order chi connectivity index (χ1) is 13.2. The molecule has 1 aliphatic heterocycles. The molecule has 0 bridgehead atoms. The molecule has 8 heteroatoms. The Bertz CT molecular complexity index is 996. The van der Waals surface area contributed by atoms with Gasteiger partial charge in [-0.3, -0.25) is 19.3 Å². The fourth-order valence-corrected chi connectivity index (χ4v) is 3.80. The molecule has 1 saturated heterocycles. The van der Waals surface area contributed by atoms with Gasteiger partial charge < -0.3 is 10.4 Å². The molecule has 0 atom stereocenters. The number of halogens is 1. The number of carbonyl (C=O) groups excluding carboxylic acids is 3. The summed E-state index contributed by atoms with van der Waals surface area (Å²) in [5.41, 5.74) is 2.52. The molecule has 3 amide bonds. The molecule has 0 saturated carbocycles. The number of anilines is 1. The number of carbonyl (C=O) groups is 3. The zero-order valence-electron chi connectivity index (χ0n) is 15.2. The third kappa shape index (κ3) is 4.37. The molecule has 28 heavy (non-hydrogen) atoms. The van der Waals surface area contributed by atoms with E-state index in [1.165, 1.54) is 0 Å². The van der Waals surface area contributed by atoms with E-state index in [9.17, 15) is 19.5 Å². The molecule has 2 N–H and O–H groups in total. The summed E-state index contributed by atoms with van der Waals surface area (Å²) >= 11 is 6.65. The lowest BCUT2D eigenvalue weighted by atomic mass is 10.1. The van der Waals surface area contributed by atoms with Crippen LogP contribution in [-0.2, 0) is 9.59 Å². The van der Waals surface area contributed by atoms with Gasteiger partial charge in [-0.1, -0.05) is 17.7 Å². The van der Waals surface area contributed by atoms with Gasteiger partial charge in [-0.05, 0) is 78.7 Å². The Hall–Kier alpha value is -2.77. The minimum atomic E-state index is -0.528. The zero-order valence-corrected chi connectivity index (χ0v) is 16.7. The summed E-state index contributed by atoms with van der Waals surface area (Å²) < 4.78 is 0. The Labute approximate surface area is 171 Å². The number of thioether (sulfide) groups is 1. The maximum Gasteiger partial charge on any atom is 0.294 e. The van der Waals surface area contributed by atoms with Gasteiger partial charge in [0.15, 0.2) is 0 Å². The molecule has 1 heterocycles. The van der Waals surface area contributed by atoms with Gasteiger partial charge in [-0.2, -0.15) is 0 Å². The van der Waals surface area contributed by atoms with Gasteiger partial charge in [0.05, 0.1) is 4.91 Å². The Morgan fingerprint density at radius 1 is 1.21 bits per heavy atom. The van der Waals surface area contributed by atoms with Gasteiger partial charge in [-0.25, -0.2) is 0 Å². The van der Waals surface area contributed by atoms with Crippen molar-refractivity contribution in [2.45, 2.75) is 13.8 Å². The van der Waals surface area contributed by atoms with Crippen molar-refractivity contribution in [3.63, 3.8) is 0 Å². The van der Waals surface area contributed by atoms with Crippen molar-refractivity contribution < 1.29 is 19.5 Å². The molecule has 2 aromatic rings. The lowest BCUT2D eigenvalue weighted by Gasteiger charge is -2.12. The second-order valence-corrected chi connectivity index (χ2v) is 7.76. The lowest BCUT2D eigenvalue weighted by molar-refractivity contribution is -0.127. The first-order valence-corrected chi connectivity index (χ1v) is 9.55. The molecule has 0 unspecified atom stereocenters. The van der Waals surface area contributed by atoms with Crippen molar-refractivity contribution >= 4 is 52.2 Å². The van der Waals surface area contributed by atoms with E-state index in [2.05, 4.69) is 5.32 Å². The summed E-state index contributed by atoms with van der Waals surface area (Å²) in [4.78, 5) is 38.1. The molecule has 0 radical (unpaired) electrons. The summed E-state index contributed by atoms with van der Waals surface area (Å²) in [5, 5.41) is 12.4. The van der Waals surface area contributed by atoms with Crippen LogP contribution in [-0.4, -0.2) is 33.6 Å². The summed E-state index contributed by atoms with van der Waals surface area (Å²) in [5.74, 6) is -0.829. The normalized spacial score (nSPS) is 15.4. The number of imide groups is 1. The van der Waals surface area contributed by atoms with Crippen LogP contribution in [0.3, 0.4) is 0 Å². The van der Waals surface area contributed by atoms with Crippen LogP contribution < -0.4 is 5.32 Å². The number of amides is 3. The van der Waals surface area contributed by atoms with Crippen LogP contribution in [0.2, 0.25) is 5.02 Å². The number of phenolic OH excluding ortho intramolecular Hbond substituents is 1. The van der Waals surface area contributed by atoms with Crippen LogP contribution in [0.4, 0.5) is 10.5 Å². The largest absolute Gasteiger partial charge is 0.507 e. The monoisotopic (exact) mass is 416 g/mol. The Kier molecular flexibility index (Phi) is 5.76. The zero-order chi connectivity index (χ0) is 20.4. The number of hydrogen-bond donors (Lipinski definition) is 2. The highest BCUT2D eigenvalue weighted by Crippen LogP contribution is 2.33. The maximum absolute atomic E-state index is 12.6. The summed E-state index contributed by atoms with van der Waals surface area (Å²) in [6.07, 6.45) is 1.58. The van der Waals surface area contributed by atoms with E-state index in [4.69, 9.17) is 11.6 Å². The molecule has 0 aliphatic carbocycles. The van der Waals surface area contributed by atoms with E-state index in [-0.39, 0.29) is 17.2 Å². The molecule has 0 aromatic heterocycles. The Balaban J connectivity index is 1.73. The minimum Gasteiger partial charge on any atom is -0.507 e. The molecule has 2 aromatic carbocycles. The van der Waals surface area contributed by atoms with Crippen molar-refractivity contribution in [1.29, 1.82) is 0 Å². The molecular formula is C20H17ClN2O4S. The number of aromatic hydroxyl groups is 1. The topological polar surface area (TPSA) is 86.7 Å². The van der Waals surface area contributed by atoms with Crippen LogP contribution in [0.5, 0.6) is 5.75 Å². The van der Waals surface area contributed by atoms with Crippen LogP contribution in [0.15, 0.2) is 41.3 Å². The average molecular weight is 417 g/mol. The van der Waals surface area contributed by atoms with Gasteiger partial charge in [-0.15, -0.1) is 0 Å². The molecule has 6 nitrogen and oxygen atoms in total. The third-order valence-corrected chi connectivity index (χ3v) is 5.24. The van der Waals surface area contributed by atoms with Crippen molar-refractivity contribution in [1.82, 2.24) is 4.90 Å². The highest BCUT2D eigenvalue weighted by Gasteiger charge is 2.36. The van der Waals surface area contributed by atoms with Crippen molar-refractivity contribution in [3.05, 3.63) is 63.0 Å². The third-order valence-electron chi connectivity index (χ3n) is 4.09. The van der Waals surface area contributed by atoms with E-state index in [1.807, 2.05) is 0 Å². The van der Waals surface area contributed by atoms with E-state index in [0.29, 0.717) is 27.4 Å². The van der Waals surface area contributed by atoms with Crippen LogP contribution in [0.1, 0.15) is 16.7 Å². The van der Waals surface area contributed by atoms with E-state index in [1.54, 1.807) is 56.3 Å². The SMILES string of the molecule is Cc1cc(C=C2SC(=O)N(CC(=O)Nc3cccc(Cl)c3)C2=O)cc(C)c1O. The standard InChI is InChI=1S/C20H17ClN2O4S/c1-11-6-13(7-12(2)18(11)25)8-16-19(26)23(20(27)28-16)10-17(24)22-15-5-3-4-14(21)9-15/h3-9,25H,10H2,1-2H3,(H,22,24). The predicted molar refractivity (Wildman–Crippen MR) is 110 cm³/mol. The summed E-state index contributed by atoms with van der Waals surface area (Å²) in [6, 6.07) is 10.0. The predicted octanol–water partition coefficient (Wildman–Crippen LogP) is 4.34. The second kappa shape index (κ2) is 8.08. The highest BCUT2D eigenvalue weighted by atomic mass is 35.5. The van der Waals surface area contributed by atoms with Crippen LogP contribution in [0.25, 0.3) is 6.08 Å². The number of nitrogens with zero attached hydrogens (tertiary/aromatic N) is 1. The van der Waals surface area contributed by atoms with E-state index in [0.717, 1.165) is 16.7 Å². The quantitative estimate of drug-likeness (QED) is 0.724. The van der Waals surface area contributed by atoms with Gasteiger partial charge in [0.25, 0.3) is 11.1 Å². The first kappa shape index (κ1) is 20.0. The minimum absolute atomic E-state index is 0.197. The molecule has 0 spiro atoms. The number of benzene rings is 2. The molecule has 144 valence electrons. The number of rotatable bonds is 4. The maximum atomic E-state index is 12.6. The average Bonchev–Trinajstić information content (AvgIpc) is 2.87. The van der Waals surface area contributed by atoms with Crippen LogP contribution in [0, 0.1) is 13.8 Å². The smallest absolute Gasteiger partial charge is 0.294 e. The van der Waals surface area contributed by atoms with Crippen molar-refractivity contribution in [3.8, 4) is 5.75 Å². The molecule has 1 fully saturated rings. The molecular weight excluding hydrogens is 400 g/mol. The fourth-order valence-electron chi connectivity index (χ4n) is 2.77. The summed E-state index contributed by atoms with van der Waals surface area (Å²) in [6.45, 7) is 3.12. The Morgan fingerprint density at radius 3 is 2.54 bits per heavy atom. The van der Waals surface area contributed by atoms with E-state index >= 15 is 0 Å². The number of phenols is 1. The van der Waals surface area contributed by atoms with Crippen molar-refractivity contribution in [2.24, 2.45) is 0 Å². The lowest BCUT2D eigenvalue weighted by Crippen LogP contribution is -2.36. The van der Waals surface area contributed by atoms with Crippen LogP contribution >= 0.6 is 23.4 Å². The number of aryl methyl sites for hydroxylation is 2. The molecule has 1 aliphatic rings. The van der Waals surface area contributed by atoms with Gasteiger partial charge in [0.1, 0.15) is 12.3 Å².